The number of unbranched alkanes of at least 4 members (excludes halogenated alkanes) is 1. The number of hydrogen-bond donors (Lipinski definition) is 1. The zero-order valence-electron chi connectivity index (χ0n) is 25.4. The van der Waals surface area contributed by atoms with Gasteiger partial charge in [0.05, 0.1) is 45.2 Å². The van der Waals surface area contributed by atoms with Crippen molar-refractivity contribution in [3.8, 4) is 11.5 Å². The highest BCUT2D eigenvalue weighted by Crippen LogP contribution is 2.26. The summed E-state index contributed by atoms with van der Waals surface area (Å²) in [7, 11) is 2.62. The van der Waals surface area contributed by atoms with E-state index in [2.05, 4.69) is 5.48 Å². The second kappa shape index (κ2) is 17.2. The summed E-state index contributed by atoms with van der Waals surface area (Å²) in [5.74, 6) is -0.100. The van der Waals surface area contributed by atoms with Crippen LogP contribution in [-0.4, -0.2) is 51.9 Å². The second-order valence-electron chi connectivity index (χ2n) is 10.2. The molecule has 1 N–H and O–H groups in total. The number of nitrogens with one attached hydrogen (secondary N) is 1. The number of para-hydroxylation sites is 1. The number of esters is 2. The Morgan fingerprint density at radius 1 is 0.644 bits per heavy atom. The number of amides is 1. The van der Waals surface area contributed by atoms with Gasteiger partial charge in [0.2, 0.25) is 0 Å². The number of hydrogen-bond acceptors (Lipinski definition) is 8. The molecule has 1 atom stereocenters. The van der Waals surface area contributed by atoms with E-state index in [4.69, 9.17) is 23.8 Å². The molecule has 9 heteroatoms. The van der Waals surface area contributed by atoms with Gasteiger partial charge in [0.25, 0.3) is 5.91 Å². The van der Waals surface area contributed by atoms with Gasteiger partial charge in [0.1, 0.15) is 11.5 Å². The maximum absolute atomic E-state index is 12.8. The molecule has 0 saturated carbocycles. The van der Waals surface area contributed by atoms with E-state index in [1.807, 2.05) is 60.7 Å². The lowest BCUT2D eigenvalue weighted by Crippen LogP contribution is -2.27. The van der Waals surface area contributed by atoms with Crippen molar-refractivity contribution >= 4 is 17.8 Å². The van der Waals surface area contributed by atoms with Crippen molar-refractivity contribution in [2.45, 2.75) is 25.2 Å². The van der Waals surface area contributed by atoms with Gasteiger partial charge in [-0.1, -0.05) is 48.5 Å². The number of carbonyl (C=O) groups is 3. The van der Waals surface area contributed by atoms with Crippen molar-refractivity contribution in [1.29, 1.82) is 0 Å². The summed E-state index contributed by atoms with van der Waals surface area (Å²) in [6.07, 6.45) is 2.19. The predicted octanol–water partition coefficient (Wildman–Crippen LogP) is 6.19. The van der Waals surface area contributed by atoms with Gasteiger partial charge in [-0.15, -0.1) is 0 Å². The fourth-order valence-electron chi connectivity index (χ4n) is 4.63. The summed E-state index contributed by atoms with van der Waals surface area (Å²) in [6, 6.07) is 30.8. The maximum atomic E-state index is 12.8. The van der Waals surface area contributed by atoms with Crippen LogP contribution in [-0.2, 0) is 20.7 Å². The van der Waals surface area contributed by atoms with Gasteiger partial charge in [-0.2, -0.15) is 0 Å². The minimum absolute atomic E-state index is 0.130. The van der Waals surface area contributed by atoms with Crippen molar-refractivity contribution in [2.75, 3.05) is 34.0 Å². The van der Waals surface area contributed by atoms with E-state index in [-0.39, 0.29) is 23.7 Å². The van der Waals surface area contributed by atoms with Gasteiger partial charge >= 0.3 is 11.9 Å². The van der Waals surface area contributed by atoms with Crippen LogP contribution in [0.25, 0.3) is 0 Å². The van der Waals surface area contributed by atoms with Crippen LogP contribution in [0, 0.1) is 0 Å². The van der Waals surface area contributed by atoms with E-state index < -0.39 is 17.8 Å². The number of carbonyl (C=O) groups excluding carboxylic acids is 3. The molecule has 45 heavy (non-hydrogen) atoms. The Kier molecular flexibility index (Phi) is 12.5. The third-order valence-electron chi connectivity index (χ3n) is 6.97. The lowest BCUT2D eigenvalue weighted by atomic mass is 9.92. The van der Waals surface area contributed by atoms with Crippen molar-refractivity contribution < 1.29 is 38.2 Å². The first-order valence-corrected chi connectivity index (χ1v) is 14.6. The molecule has 0 spiro atoms. The highest BCUT2D eigenvalue weighted by Gasteiger charge is 2.17. The summed E-state index contributed by atoms with van der Waals surface area (Å²) in [4.78, 5) is 42.5. The molecule has 0 radical (unpaired) electrons. The molecular formula is C36H37NO8. The minimum Gasteiger partial charge on any atom is -0.494 e. The molecule has 0 bridgehead atoms. The molecule has 9 nitrogen and oxygen atoms in total. The molecule has 4 rings (SSSR count). The van der Waals surface area contributed by atoms with Crippen molar-refractivity contribution in [3.63, 3.8) is 0 Å². The number of hydroxylamine groups is 1. The van der Waals surface area contributed by atoms with E-state index in [0.717, 1.165) is 29.7 Å². The Balaban J connectivity index is 1.39. The van der Waals surface area contributed by atoms with Crippen LogP contribution < -0.4 is 15.0 Å². The molecule has 0 aromatic heterocycles. The summed E-state index contributed by atoms with van der Waals surface area (Å²) in [5.41, 5.74) is 5.27. The van der Waals surface area contributed by atoms with Crippen LogP contribution in [0.4, 0.5) is 0 Å². The first-order chi connectivity index (χ1) is 22.0. The lowest BCUT2D eigenvalue weighted by Gasteiger charge is -2.19. The maximum Gasteiger partial charge on any atom is 0.337 e. The molecule has 4 aromatic rings. The second-order valence-corrected chi connectivity index (χ2v) is 10.2. The third kappa shape index (κ3) is 10.2. The quantitative estimate of drug-likeness (QED) is 0.0908. The molecule has 0 fully saturated rings. The van der Waals surface area contributed by atoms with Crippen LogP contribution in [0.15, 0.2) is 103 Å². The summed E-state index contributed by atoms with van der Waals surface area (Å²) < 4.78 is 21.4. The summed E-state index contributed by atoms with van der Waals surface area (Å²) in [5, 5.41) is 0. The van der Waals surface area contributed by atoms with E-state index >= 15 is 0 Å². The number of rotatable bonds is 16. The number of ether oxygens (including phenoxy) is 4. The van der Waals surface area contributed by atoms with E-state index in [9.17, 15) is 14.4 Å². The minimum atomic E-state index is -0.539. The van der Waals surface area contributed by atoms with Gasteiger partial charge < -0.3 is 18.9 Å². The topological polar surface area (TPSA) is 109 Å². The average molecular weight is 612 g/mol. The first-order valence-electron chi connectivity index (χ1n) is 14.6. The van der Waals surface area contributed by atoms with Crippen LogP contribution in [0.1, 0.15) is 61.0 Å². The zero-order chi connectivity index (χ0) is 31.9. The Hall–Kier alpha value is -5.15. The largest absolute Gasteiger partial charge is 0.494 e. The monoisotopic (exact) mass is 611 g/mol. The van der Waals surface area contributed by atoms with Crippen LogP contribution in [0.2, 0.25) is 0 Å². The van der Waals surface area contributed by atoms with Crippen molar-refractivity contribution in [1.82, 2.24) is 5.48 Å². The molecular weight excluding hydrogens is 574 g/mol. The highest BCUT2D eigenvalue weighted by atomic mass is 16.7. The Bertz CT molecular complexity index is 1560. The van der Waals surface area contributed by atoms with E-state index in [0.29, 0.717) is 30.9 Å². The van der Waals surface area contributed by atoms with E-state index in [1.165, 1.54) is 20.3 Å². The van der Waals surface area contributed by atoms with Gasteiger partial charge in [0.15, 0.2) is 0 Å². The van der Waals surface area contributed by atoms with Crippen molar-refractivity contribution in [3.05, 3.63) is 131 Å². The molecule has 1 amide bonds. The fourth-order valence-corrected chi connectivity index (χ4v) is 4.63. The SMILES string of the molecule is COC(=O)c1cccc(CC(CONC(=O)c2cccc(C(=O)OC)c2)c2cccc(OCCCCOc3ccccc3)c2)c1. The Morgan fingerprint density at radius 2 is 1.24 bits per heavy atom. The Labute approximate surface area is 263 Å². The third-order valence-corrected chi connectivity index (χ3v) is 6.97. The first kappa shape index (κ1) is 32.8. The lowest BCUT2D eigenvalue weighted by molar-refractivity contribution is 0.0253. The van der Waals surface area contributed by atoms with Gasteiger partial charge in [-0.05, 0) is 85.0 Å². The summed E-state index contributed by atoms with van der Waals surface area (Å²) in [6.45, 7) is 1.27. The smallest absolute Gasteiger partial charge is 0.337 e. The molecule has 0 heterocycles. The average Bonchev–Trinajstić information content (AvgIpc) is 3.09. The zero-order valence-corrected chi connectivity index (χ0v) is 25.4. The molecule has 4 aromatic carbocycles. The number of methoxy groups -OCH3 is 2. The normalized spacial score (nSPS) is 11.2. The fraction of sp³-hybridized carbons (Fsp3) is 0.250. The molecule has 0 aliphatic carbocycles. The number of benzene rings is 4. The van der Waals surface area contributed by atoms with Gasteiger partial charge in [-0.3, -0.25) is 9.63 Å². The Morgan fingerprint density at radius 3 is 1.96 bits per heavy atom. The molecule has 234 valence electrons. The van der Waals surface area contributed by atoms with Gasteiger partial charge in [0, 0.05) is 11.5 Å². The van der Waals surface area contributed by atoms with E-state index in [1.54, 1.807) is 36.4 Å². The molecule has 1 unspecified atom stereocenters. The van der Waals surface area contributed by atoms with Crippen LogP contribution in [0.3, 0.4) is 0 Å². The van der Waals surface area contributed by atoms with Crippen LogP contribution >= 0.6 is 0 Å². The molecule has 0 saturated heterocycles. The van der Waals surface area contributed by atoms with Crippen molar-refractivity contribution in [2.24, 2.45) is 0 Å². The van der Waals surface area contributed by atoms with Crippen LogP contribution in [0.5, 0.6) is 11.5 Å². The standard InChI is InChI=1S/C36H37NO8/c1-41-35(39)29-14-8-11-26(21-29)22-31(25-45-37-34(38)28-13-9-15-30(23-28)36(40)42-2)27-12-10-18-33(24-27)44-20-7-6-19-43-32-16-4-3-5-17-32/h3-5,8-18,21,23-24,31H,6-7,19-20,22,25H2,1-2H3,(H,37,38). The molecule has 0 aliphatic rings. The van der Waals surface area contributed by atoms with Gasteiger partial charge in [-0.25, -0.2) is 15.1 Å². The highest BCUT2D eigenvalue weighted by molar-refractivity contribution is 5.97. The molecule has 0 aliphatic heterocycles. The predicted molar refractivity (Wildman–Crippen MR) is 169 cm³/mol. The summed E-state index contributed by atoms with van der Waals surface area (Å²) >= 11 is 0.